The molecule has 0 unspecified atom stereocenters. The Balaban J connectivity index is 1.63. The van der Waals surface area contributed by atoms with E-state index >= 15 is 0 Å². The summed E-state index contributed by atoms with van der Waals surface area (Å²) in [5, 5.41) is 4.68. The lowest BCUT2D eigenvalue weighted by Gasteiger charge is -2.16. The van der Waals surface area contributed by atoms with Gasteiger partial charge in [-0.3, -0.25) is 9.52 Å². The van der Waals surface area contributed by atoms with Gasteiger partial charge in [-0.2, -0.15) is 0 Å². The van der Waals surface area contributed by atoms with E-state index in [0.29, 0.717) is 16.6 Å². The number of carbonyl (C=O) groups is 1. The number of nitrogens with zero attached hydrogens (tertiary/aromatic N) is 1. The highest BCUT2D eigenvalue weighted by Crippen LogP contribution is 2.21. The number of para-hydroxylation sites is 1. The zero-order chi connectivity index (χ0) is 20.1. The Morgan fingerprint density at radius 2 is 1.86 bits per heavy atom. The molecule has 2 N–H and O–H groups in total. The first-order valence-corrected chi connectivity index (χ1v) is 10.8. The van der Waals surface area contributed by atoms with Crippen LogP contribution >= 0.6 is 11.3 Å². The molecule has 0 saturated heterocycles. The number of aryl methyl sites for hydroxylation is 1. The van der Waals surface area contributed by atoms with Crippen LogP contribution in [-0.4, -0.2) is 25.4 Å². The Labute approximate surface area is 167 Å². The lowest BCUT2D eigenvalue weighted by Crippen LogP contribution is -2.30. The fourth-order valence-electron chi connectivity index (χ4n) is 2.34. The summed E-state index contributed by atoms with van der Waals surface area (Å²) in [6, 6.07) is 13.3. The first-order chi connectivity index (χ1) is 13.3. The first kappa shape index (κ1) is 19.8. The predicted molar refractivity (Wildman–Crippen MR) is 109 cm³/mol. The summed E-state index contributed by atoms with van der Waals surface area (Å²) in [7, 11) is -3.73. The number of aromatic nitrogens is 1. The van der Waals surface area contributed by atoms with Gasteiger partial charge in [0.1, 0.15) is 5.75 Å². The summed E-state index contributed by atoms with van der Waals surface area (Å²) < 4.78 is 32.7. The van der Waals surface area contributed by atoms with Crippen LogP contribution in [0.25, 0.3) is 0 Å². The van der Waals surface area contributed by atoms with Crippen molar-refractivity contribution in [3.8, 4) is 5.75 Å². The number of hydrogen-bond acceptors (Lipinski definition) is 6. The average Bonchev–Trinajstić information content (AvgIpc) is 3.16. The van der Waals surface area contributed by atoms with E-state index in [9.17, 15) is 13.2 Å². The van der Waals surface area contributed by atoms with Crippen LogP contribution in [-0.2, 0) is 14.8 Å². The highest BCUT2D eigenvalue weighted by molar-refractivity contribution is 7.93. The molecule has 0 spiro atoms. The van der Waals surface area contributed by atoms with Crippen molar-refractivity contribution in [1.82, 2.24) is 4.98 Å². The Bertz CT molecular complexity index is 1050. The Morgan fingerprint density at radius 1 is 1.14 bits per heavy atom. The van der Waals surface area contributed by atoms with Gasteiger partial charge in [-0.1, -0.05) is 18.2 Å². The van der Waals surface area contributed by atoms with Gasteiger partial charge in [-0.05, 0) is 49.7 Å². The van der Waals surface area contributed by atoms with E-state index < -0.39 is 16.1 Å². The molecular formula is C19H19N3O4S2. The number of nitrogens with one attached hydrogen (secondary N) is 2. The number of rotatable bonds is 7. The minimum Gasteiger partial charge on any atom is -0.481 e. The van der Waals surface area contributed by atoms with Crippen molar-refractivity contribution < 1.29 is 17.9 Å². The molecule has 9 heteroatoms. The molecule has 7 nitrogen and oxygen atoms in total. The van der Waals surface area contributed by atoms with Gasteiger partial charge in [0.15, 0.2) is 11.2 Å². The van der Waals surface area contributed by atoms with Crippen LogP contribution in [0.2, 0.25) is 0 Å². The number of anilines is 2. The van der Waals surface area contributed by atoms with Crippen LogP contribution in [0.1, 0.15) is 12.5 Å². The van der Waals surface area contributed by atoms with E-state index in [1.807, 2.05) is 25.1 Å². The molecular weight excluding hydrogens is 398 g/mol. The van der Waals surface area contributed by atoms with Crippen LogP contribution in [0, 0.1) is 6.92 Å². The van der Waals surface area contributed by atoms with E-state index in [0.717, 1.165) is 5.56 Å². The topological polar surface area (TPSA) is 97.4 Å². The van der Waals surface area contributed by atoms with Gasteiger partial charge < -0.3 is 10.1 Å². The van der Waals surface area contributed by atoms with Crippen molar-refractivity contribution >= 4 is 38.1 Å². The zero-order valence-corrected chi connectivity index (χ0v) is 16.9. The van der Waals surface area contributed by atoms with Crippen LogP contribution in [0.3, 0.4) is 0 Å². The summed E-state index contributed by atoms with van der Waals surface area (Å²) in [5.41, 5.74) is 1.41. The molecule has 28 heavy (non-hydrogen) atoms. The lowest BCUT2D eigenvalue weighted by molar-refractivity contribution is -0.122. The third-order valence-corrected chi connectivity index (χ3v) is 6.03. The van der Waals surface area contributed by atoms with Crippen molar-refractivity contribution in [2.24, 2.45) is 0 Å². The minimum atomic E-state index is -3.73. The molecule has 0 fully saturated rings. The SMILES string of the molecule is Cc1ccccc1O[C@H](C)C(=O)Nc1ccc(S(=O)(=O)Nc2nccs2)cc1. The number of ether oxygens (including phenoxy) is 1. The largest absolute Gasteiger partial charge is 0.481 e. The summed E-state index contributed by atoms with van der Waals surface area (Å²) in [5.74, 6) is 0.305. The molecule has 0 radical (unpaired) electrons. The number of carbonyl (C=O) groups excluding carboxylic acids is 1. The van der Waals surface area contributed by atoms with Gasteiger partial charge in [-0.15, -0.1) is 11.3 Å². The summed E-state index contributed by atoms with van der Waals surface area (Å²) in [4.78, 5) is 16.3. The summed E-state index contributed by atoms with van der Waals surface area (Å²) in [6.07, 6.45) is 0.803. The molecule has 0 saturated carbocycles. The number of sulfonamides is 1. The molecule has 0 aliphatic rings. The maximum absolute atomic E-state index is 12.3. The van der Waals surface area contributed by atoms with Crippen molar-refractivity contribution in [3.63, 3.8) is 0 Å². The third-order valence-electron chi connectivity index (χ3n) is 3.85. The van der Waals surface area contributed by atoms with Gasteiger partial charge in [-0.25, -0.2) is 13.4 Å². The zero-order valence-electron chi connectivity index (χ0n) is 15.2. The molecule has 146 valence electrons. The van der Waals surface area contributed by atoms with Crippen molar-refractivity contribution in [2.75, 3.05) is 10.0 Å². The number of amides is 1. The van der Waals surface area contributed by atoms with Crippen LogP contribution < -0.4 is 14.8 Å². The monoisotopic (exact) mass is 417 g/mol. The highest BCUT2D eigenvalue weighted by atomic mass is 32.2. The number of thiazole rings is 1. The Kier molecular flexibility index (Phi) is 5.96. The molecule has 3 aromatic rings. The number of benzene rings is 2. The van der Waals surface area contributed by atoms with Gasteiger partial charge in [0.2, 0.25) is 0 Å². The quantitative estimate of drug-likeness (QED) is 0.611. The van der Waals surface area contributed by atoms with Crippen molar-refractivity contribution in [2.45, 2.75) is 24.8 Å². The number of hydrogen-bond donors (Lipinski definition) is 2. The van der Waals surface area contributed by atoms with E-state index in [2.05, 4.69) is 15.0 Å². The molecule has 3 rings (SSSR count). The summed E-state index contributed by atoms with van der Waals surface area (Å²) >= 11 is 1.19. The second-order valence-electron chi connectivity index (χ2n) is 5.98. The van der Waals surface area contributed by atoms with Crippen molar-refractivity contribution in [1.29, 1.82) is 0 Å². The highest BCUT2D eigenvalue weighted by Gasteiger charge is 2.18. The standard InChI is InChI=1S/C19H19N3O4S2/c1-13-5-3-4-6-17(13)26-14(2)18(23)21-15-7-9-16(10-8-15)28(24,25)22-19-20-11-12-27-19/h3-12,14H,1-2H3,(H,20,22)(H,21,23)/t14-/m1/s1. The third kappa shape index (κ3) is 4.87. The predicted octanol–water partition coefficient (Wildman–Crippen LogP) is 3.66. The van der Waals surface area contributed by atoms with Crippen molar-refractivity contribution in [3.05, 3.63) is 65.7 Å². The second kappa shape index (κ2) is 8.41. The smallest absolute Gasteiger partial charge is 0.265 e. The lowest BCUT2D eigenvalue weighted by atomic mass is 10.2. The fraction of sp³-hybridized carbons (Fsp3) is 0.158. The normalized spacial score (nSPS) is 12.2. The molecule has 0 aliphatic carbocycles. The van der Waals surface area contributed by atoms with Gasteiger partial charge in [0, 0.05) is 17.3 Å². The maximum Gasteiger partial charge on any atom is 0.265 e. The average molecular weight is 418 g/mol. The van der Waals surface area contributed by atoms with Gasteiger partial charge >= 0.3 is 0 Å². The molecule has 2 aromatic carbocycles. The molecule has 0 bridgehead atoms. The Morgan fingerprint density at radius 3 is 2.50 bits per heavy atom. The minimum absolute atomic E-state index is 0.0740. The maximum atomic E-state index is 12.3. The van der Waals surface area contributed by atoms with Gasteiger partial charge in [0.25, 0.3) is 15.9 Å². The molecule has 1 heterocycles. The fourth-order valence-corrected chi connectivity index (χ4v) is 4.13. The summed E-state index contributed by atoms with van der Waals surface area (Å²) in [6.45, 7) is 3.55. The van der Waals surface area contributed by atoms with Crippen LogP contribution in [0.5, 0.6) is 5.75 Å². The van der Waals surface area contributed by atoms with Gasteiger partial charge in [0.05, 0.1) is 4.90 Å². The van der Waals surface area contributed by atoms with E-state index in [1.165, 1.54) is 41.8 Å². The molecule has 1 amide bonds. The van der Waals surface area contributed by atoms with E-state index in [4.69, 9.17) is 4.74 Å². The van der Waals surface area contributed by atoms with E-state index in [-0.39, 0.29) is 10.8 Å². The van der Waals surface area contributed by atoms with Crippen LogP contribution in [0.15, 0.2) is 65.0 Å². The van der Waals surface area contributed by atoms with E-state index in [1.54, 1.807) is 18.4 Å². The Hall–Kier alpha value is -2.91. The molecule has 1 aromatic heterocycles. The first-order valence-electron chi connectivity index (χ1n) is 8.41. The second-order valence-corrected chi connectivity index (χ2v) is 8.56. The van der Waals surface area contributed by atoms with Crippen LogP contribution in [0.4, 0.5) is 10.8 Å². The molecule has 0 aliphatic heterocycles. The molecule has 1 atom stereocenters.